The van der Waals surface area contributed by atoms with Crippen LogP contribution in [0.2, 0.25) is 0 Å². The van der Waals surface area contributed by atoms with Gasteiger partial charge < -0.3 is 20.9 Å². The molecule has 0 saturated carbocycles. The van der Waals surface area contributed by atoms with Crippen molar-refractivity contribution in [3.63, 3.8) is 0 Å². The van der Waals surface area contributed by atoms with Crippen LogP contribution >= 0.6 is 0 Å². The summed E-state index contributed by atoms with van der Waals surface area (Å²) in [5.41, 5.74) is 10.2. The Morgan fingerprint density at radius 3 is 2.48 bits per heavy atom. The van der Waals surface area contributed by atoms with Crippen LogP contribution in [0.3, 0.4) is 0 Å². The lowest BCUT2D eigenvalue weighted by molar-refractivity contribution is -0.116. The van der Waals surface area contributed by atoms with E-state index >= 15 is 0 Å². The smallest absolute Gasteiger partial charge is 0.224 e. The van der Waals surface area contributed by atoms with Crippen molar-refractivity contribution in [1.29, 1.82) is 0 Å². The van der Waals surface area contributed by atoms with Crippen molar-refractivity contribution < 1.29 is 14.6 Å². The molecule has 1 radical (unpaired) electrons. The first-order valence-corrected chi connectivity index (χ1v) is 8.54. The summed E-state index contributed by atoms with van der Waals surface area (Å²) in [4.78, 5) is 12.0. The molecule has 2 aromatic carbocycles. The first-order valence-electron chi connectivity index (χ1n) is 8.54. The van der Waals surface area contributed by atoms with Crippen molar-refractivity contribution in [2.24, 2.45) is 0 Å². The Morgan fingerprint density at radius 2 is 1.84 bits per heavy atom. The van der Waals surface area contributed by atoms with Gasteiger partial charge in [-0.25, -0.2) is 0 Å². The number of aryl methyl sites for hydroxylation is 2. The summed E-state index contributed by atoms with van der Waals surface area (Å²) in [6.45, 7) is 5.86. The average molecular weight is 341 g/mol. The van der Waals surface area contributed by atoms with Crippen molar-refractivity contribution in [2.75, 3.05) is 5.32 Å². The highest BCUT2D eigenvalue weighted by atomic mass is 16.5. The van der Waals surface area contributed by atoms with Crippen LogP contribution in [0.5, 0.6) is 17.2 Å². The van der Waals surface area contributed by atoms with Crippen LogP contribution in [0.15, 0.2) is 30.3 Å². The number of hydrogen-bond acceptors (Lipinski definition) is 3. The predicted molar refractivity (Wildman–Crippen MR) is 99.6 cm³/mol. The number of rotatable bonds is 7. The summed E-state index contributed by atoms with van der Waals surface area (Å²) in [6.07, 6.45) is 3.32. The number of ether oxygens (including phenoxy) is 1. The maximum Gasteiger partial charge on any atom is 0.224 e. The lowest BCUT2D eigenvalue weighted by atomic mass is 10.1. The molecule has 0 aliphatic heterocycles. The third-order valence-corrected chi connectivity index (χ3v) is 3.93. The van der Waals surface area contributed by atoms with Gasteiger partial charge >= 0.3 is 0 Å². The van der Waals surface area contributed by atoms with Crippen LogP contribution in [0.25, 0.3) is 0 Å². The Balaban J connectivity index is 2.15. The first kappa shape index (κ1) is 18.6. The number of hydrogen-bond donors (Lipinski definition) is 2. The van der Waals surface area contributed by atoms with Gasteiger partial charge in [0.25, 0.3) is 0 Å². The number of nitrogens with one attached hydrogen (secondary N) is 2. The number of anilines is 1. The Labute approximate surface area is 148 Å². The van der Waals surface area contributed by atoms with Gasteiger partial charge in [-0.05, 0) is 55.7 Å². The van der Waals surface area contributed by atoms with Crippen LogP contribution in [0.1, 0.15) is 43.7 Å². The molecule has 2 rings (SSSR count). The van der Waals surface area contributed by atoms with Crippen molar-refractivity contribution in [3.8, 4) is 17.2 Å². The molecule has 0 aromatic heterocycles. The first-order chi connectivity index (χ1) is 11.9. The topological polar surface area (TPSA) is 82.4 Å². The highest BCUT2D eigenvalue weighted by Crippen LogP contribution is 2.34. The van der Waals surface area contributed by atoms with Gasteiger partial charge in [-0.15, -0.1) is 0 Å². The zero-order valence-corrected chi connectivity index (χ0v) is 15.0. The minimum atomic E-state index is -0.119. The number of carbonyl (C=O) groups is 1. The Morgan fingerprint density at radius 1 is 1.16 bits per heavy atom. The van der Waals surface area contributed by atoms with Gasteiger partial charge in [0.2, 0.25) is 5.91 Å². The standard InChI is InChI=1S/C20H25N2O3/c1-4-5-6-7-19(24)22-17-12-16(8-9-18(17)23)25-20-13(2)10-15(21)11-14(20)3/h8-12,21,23H,4-7H2,1-3H3,(H,22,24). The van der Waals surface area contributed by atoms with E-state index in [1.165, 1.54) is 6.07 Å². The van der Waals surface area contributed by atoms with Crippen molar-refractivity contribution >= 4 is 17.3 Å². The lowest BCUT2D eigenvalue weighted by Gasteiger charge is -2.14. The number of unbranched alkanes of at least 4 members (excludes halogenated alkanes) is 2. The number of benzene rings is 2. The molecular weight excluding hydrogens is 316 g/mol. The second kappa shape index (κ2) is 8.42. The minimum Gasteiger partial charge on any atom is -0.506 e. The molecule has 0 bridgehead atoms. The summed E-state index contributed by atoms with van der Waals surface area (Å²) in [5, 5.41) is 12.7. The van der Waals surface area contributed by atoms with Crippen LogP contribution in [-0.2, 0) is 4.79 Å². The van der Waals surface area contributed by atoms with E-state index in [4.69, 9.17) is 10.5 Å². The van der Waals surface area contributed by atoms with E-state index in [9.17, 15) is 9.90 Å². The summed E-state index contributed by atoms with van der Waals surface area (Å²) >= 11 is 0. The Bertz CT molecular complexity index is 734. The summed E-state index contributed by atoms with van der Waals surface area (Å²) in [5.74, 6) is 1.09. The third-order valence-electron chi connectivity index (χ3n) is 3.93. The van der Waals surface area contributed by atoms with Crippen molar-refractivity contribution in [1.82, 2.24) is 5.73 Å². The quantitative estimate of drug-likeness (QED) is 0.534. The predicted octanol–water partition coefficient (Wildman–Crippen LogP) is 5.23. The van der Waals surface area contributed by atoms with E-state index in [1.54, 1.807) is 24.3 Å². The molecule has 2 aromatic rings. The molecule has 5 heteroatoms. The van der Waals surface area contributed by atoms with Gasteiger partial charge in [0.05, 0.1) is 11.4 Å². The average Bonchev–Trinajstić information content (AvgIpc) is 2.54. The molecule has 0 unspecified atom stereocenters. The molecule has 0 spiro atoms. The fraction of sp³-hybridized carbons (Fsp3) is 0.350. The molecule has 0 fully saturated rings. The molecule has 5 nitrogen and oxygen atoms in total. The van der Waals surface area contributed by atoms with E-state index in [-0.39, 0.29) is 11.7 Å². The Hall–Kier alpha value is -2.69. The van der Waals surface area contributed by atoms with Crippen LogP contribution in [0.4, 0.5) is 11.4 Å². The van der Waals surface area contributed by atoms with Gasteiger partial charge in [0.1, 0.15) is 17.2 Å². The van der Waals surface area contributed by atoms with Gasteiger partial charge in [0, 0.05) is 12.5 Å². The maximum atomic E-state index is 12.0. The molecule has 0 atom stereocenters. The zero-order chi connectivity index (χ0) is 18.4. The van der Waals surface area contributed by atoms with Crippen molar-refractivity contribution in [2.45, 2.75) is 46.5 Å². The molecule has 0 aliphatic carbocycles. The van der Waals surface area contributed by atoms with Crippen LogP contribution < -0.4 is 15.8 Å². The third kappa shape index (κ3) is 5.14. The van der Waals surface area contributed by atoms with E-state index in [0.29, 0.717) is 29.3 Å². The van der Waals surface area contributed by atoms with Crippen molar-refractivity contribution in [3.05, 3.63) is 41.5 Å². The SMILES string of the molecule is CCCCCC(=O)Nc1cc(Oc2c(C)cc([NH])cc2C)ccc1O. The van der Waals surface area contributed by atoms with Gasteiger partial charge in [-0.2, -0.15) is 0 Å². The fourth-order valence-corrected chi connectivity index (χ4v) is 2.66. The van der Waals surface area contributed by atoms with E-state index in [0.717, 1.165) is 30.4 Å². The second-order valence-electron chi connectivity index (χ2n) is 6.23. The summed E-state index contributed by atoms with van der Waals surface area (Å²) in [6, 6.07) is 8.23. The summed E-state index contributed by atoms with van der Waals surface area (Å²) in [7, 11) is 0. The number of phenolic OH excluding ortho intramolecular Hbond substituents is 1. The maximum absolute atomic E-state index is 12.0. The van der Waals surface area contributed by atoms with E-state index in [1.807, 2.05) is 13.8 Å². The number of aromatic hydroxyl groups is 1. The van der Waals surface area contributed by atoms with Gasteiger partial charge in [-0.1, -0.05) is 19.8 Å². The highest BCUT2D eigenvalue weighted by molar-refractivity contribution is 5.92. The molecule has 0 aliphatic rings. The fourth-order valence-electron chi connectivity index (χ4n) is 2.66. The molecule has 25 heavy (non-hydrogen) atoms. The molecule has 1 amide bonds. The normalized spacial score (nSPS) is 10.5. The molecule has 3 N–H and O–H groups in total. The molecular formula is C20H25N2O3. The molecule has 133 valence electrons. The lowest BCUT2D eigenvalue weighted by Crippen LogP contribution is -2.11. The largest absolute Gasteiger partial charge is 0.506 e. The highest BCUT2D eigenvalue weighted by Gasteiger charge is 2.11. The van der Waals surface area contributed by atoms with E-state index < -0.39 is 0 Å². The number of carbonyl (C=O) groups excluding carboxylic acids is 1. The van der Waals surface area contributed by atoms with Gasteiger partial charge in [0.15, 0.2) is 0 Å². The number of amides is 1. The molecule has 0 heterocycles. The Kier molecular flexibility index (Phi) is 6.28. The monoisotopic (exact) mass is 341 g/mol. The van der Waals surface area contributed by atoms with Gasteiger partial charge in [-0.3, -0.25) is 4.79 Å². The minimum absolute atomic E-state index is 0.00569. The van der Waals surface area contributed by atoms with Crippen LogP contribution in [-0.4, -0.2) is 11.0 Å². The van der Waals surface area contributed by atoms with Crippen LogP contribution in [0, 0.1) is 13.8 Å². The van der Waals surface area contributed by atoms with E-state index in [2.05, 4.69) is 12.2 Å². The zero-order valence-electron chi connectivity index (χ0n) is 15.0. The number of phenols is 1. The summed E-state index contributed by atoms with van der Waals surface area (Å²) < 4.78 is 5.92. The molecule has 0 saturated heterocycles. The second-order valence-corrected chi connectivity index (χ2v) is 6.23.